The topological polar surface area (TPSA) is 80.2 Å². The molecule has 0 unspecified atom stereocenters. The van der Waals surface area contributed by atoms with Gasteiger partial charge in [0, 0.05) is 11.1 Å². The normalized spacial score (nSPS) is 16.4. The predicted molar refractivity (Wildman–Crippen MR) is 94.5 cm³/mol. The minimum atomic E-state index is -0.373. The Bertz CT molecular complexity index is 845. The Morgan fingerprint density at radius 2 is 1.80 bits per heavy atom. The van der Waals surface area contributed by atoms with Gasteiger partial charge < -0.3 is 14.6 Å². The fourth-order valence-electron chi connectivity index (χ4n) is 3.06. The lowest BCUT2D eigenvalue weighted by Crippen LogP contribution is -2.23. The summed E-state index contributed by atoms with van der Waals surface area (Å²) in [6, 6.07) is 10.5. The summed E-state index contributed by atoms with van der Waals surface area (Å²) in [5.41, 5.74) is 5.13. The van der Waals surface area contributed by atoms with Crippen molar-refractivity contribution >= 4 is 11.6 Å². The van der Waals surface area contributed by atoms with Crippen molar-refractivity contribution < 1.29 is 19.4 Å². The Morgan fingerprint density at radius 1 is 1.12 bits per heavy atom. The minimum Gasteiger partial charge on any atom is -0.507 e. The van der Waals surface area contributed by atoms with Gasteiger partial charge in [-0.1, -0.05) is 19.1 Å². The van der Waals surface area contributed by atoms with Gasteiger partial charge in [-0.2, -0.15) is 5.10 Å². The molecule has 130 valence electrons. The molecule has 0 aromatic heterocycles. The van der Waals surface area contributed by atoms with E-state index < -0.39 is 0 Å². The summed E-state index contributed by atoms with van der Waals surface area (Å²) >= 11 is 0. The number of rotatable bonds is 4. The van der Waals surface area contributed by atoms with Crippen molar-refractivity contribution in [1.29, 1.82) is 0 Å². The van der Waals surface area contributed by atoms with Crippen LogP contribution in [0.15, 0.2) is 41.5 Å². The number of hydrazone groups is 1. The molecule has 0 saturated heterocycles. The zero-order chi connectivity index (χ0) is 18.0. The quantitative estimate of drug-likeness (QED) is 0.897. The molecule has 0 radical (unpaired) electrons. The third-order valence-electron chi connectivity index (χ3n) is 4.35. The van der Waals surface area contributed by atoms with Crippen LogP contribution in [-0.2, 0) is 4.79 Å². The lowest BCUT2D eigenvalue weighted by atomic mass is 9.87. The van der Waals surface area contributed by atoms with Crippen molar-refractivity contribution in [3.05, 3.63) is 53.1 Å². The second-order valence-electron chi connectivity index (χ2n) is 5.71. The summed E-state index contributed by atoms with van der Waals surface area (Å²) in [5, 5.41) is 14.5. The van der Waals surface area contributed by atoms with Crippen LogP contribution in [0.25, 0.3) is 0 Å². The number of nitrogens with zero attached hydrogens (tertiary/aromatic N) is 1. The summed E-state index contributed by atoms with van der Waals surface area (Å²) in [6.45, 7) is 1.94. The smallest absolute Gasteiger partial charge is 0.247 e. The second-order valence-corrected chi connectivity index (χ2v) is 5.71. The Labute approximate surface area is 146 Å². The molecule has 0 bridgehead atoms. The van der Waals surface area contributed by atoms with Gasteiger partial charge >= 0.3 is 0 Å². The van der Waals surface area contributed by atoms with Crippen LogP contribution in [0.2, 0.25) is 0 Å². The Kier molecular flexibility index (Phi) is 4.61. The third kappa shape index (κ3) is 2.91. The summed E-state index contributed by atoms with van der Waals surface area (Å²) in [7, 11) is 3.11. The number of para-hydroxylation sites is 1. The molecule has 2 N–H and O–H groups in total. The van der Waals surface area contributed by atoms with Crippen LogP contribution in [0.3, 0.4) is 0 Å². The van der Waals surface area contributed by atoms with Crippen LogP contribution in [-0.4, -0.2) is 30.9 Å². The van der Waals surface area contributed by atoms with Crippen molar-refractivity contribution in [3.63, 3.8) is 0 Å². The first-order chi connectivity index (χ1) is 12.1. The number of methoxy groups -OCH3 is 2. The number of phenols is 1. The van der Waals surface area contributed by atoms with E-state index in [0.717, 1.165) is 11.1 Å². The van der Waals surface area contributed by atoms with Gasteiger partial charge in [-0.15, -0.1) is 0 Å². The van der Waals surface area contributed by atoms with Gasteiger partial charge in [0.1, 0.15) is 11.5 Å². The van der Waals surface area contributed by atoms with E-state index in [1.807, 2.05) is 19.1 Å². The molecule has 1 aliphatic heterocycles. The molecule has 2 aromatic rings. The maximum atomic E-state index is 12.5. The molecular weight excluding hydrogens is 320 g/mol. The van der Waals surface area contributed by atoms with Crippen LogP contribution in [0.5, 0.6) is 17.2 Å². The monoisotopic (exact) mass is 340 g/mol. The maximum absolute atomic E-state index is 12.5. The predicted octanol–water partition coefficient (Wildman–Crippen LogP) is 2.79. The largest absolute Gasteiger partial charge is 0.507 e. The van der Waals surface area contributed by atoms with Gasteiger partial charge in [0.2, 0.25) is 5.91 Å². The van der Waals surface area contributed by atoms with E-state index in [-0.39, 0.29) is 17.6 Å². The number of carbonyl (C=O) groups is 1. The average Bonchev–Trinajstić information content (AvgIpc) is 2.76. The van der Waals surface area contributed by atoms with Crippen LogP contribution in [0.1, 0.15) is 36.0 Å². The van der Waals surface area contributed by atoms with Crippen molar-refractivity contribution in [2.45, 2.75) is 19.3 Å². The summed E-state index contributed by atoms with van der Waals surface area (Å²) in [4.78, 5) is 12.5. The second kappa shape index (κ2) is 6.84. The van der Waals surface area contributed by atoms with E-state index in [1.165, 1.54) is 0 Å². The highest BCUT2D eigenvalue weighted by atomic mass is 16.5. The highest BCUT2D eigenvalue weighted by Gasteiger charge is 2.29. The van der Waals surface area contributed by atoms with E-state index in [2.05, 4.69) is 10.5 Å². The lowest BCUT2D eigenvalue weighted by Gasteiger charge is -2.18. The first-order valence-electron chi connectivity index (χ1n) is 8.02. The molecule has 1 aliphatic rings. The molecule has 25 heavy (non-hydrogen) atoms. The number of benzene rings is 2. The van der Waals surface area contributed by atoms with Gasteiger partial charge in [0.05, 0.1) is 20.1 Å². The van der Waals surface area contributed by atoms with Crippen LogP contribution in [0, 0.1) is 0 Å². The maximum Gasteiger partial charge on any atom is 0.247 e. The van der Waals surface area contributed by atoms with E-state index in [0.29, 0.717) is 29.2 Å². The zero-order valence-electron chi connectivity index (χ0n) is 14.4. The van der Waals surface area contributed by atoms with Gasteiger partial charge in [-0.3, -0.25) is 4.79 Å². The average molecular weight is 340 g/mol. The standard InChI is InChI=1S/C19H20N2O4/c1-4-11-13-9-16(24-2)17(25-3)10-14(13)18(20-21-19(11)23)12-7-5-6-8-15(12)22/h5-11,22H,4H2,1-3H3,(H,21,23)/t11-/m0/s1. The van der Waals surface area contributed by atoms with Crippen molar-refractivity contribution in [2.24, 2.45) is 5.10 Å². The Morgan fingerprint density at radius 3 is 2.44 bits per heavy atom. The summed E-state index contributed by atoms with van der Waals surface area (Å²) in [6.07, 6.45) is 0.609. The van der Waals surface area contributed by atoms with Gasteiger partial charge in [0.15, 0.2) is 11.5 Å². The number of hydrogen-bond acceptors (Lipinski definition) is 5. The summed E-state index contributed by atoms with van der Waals surface area (Å²) in [5.74, 6) is 0.606. The highest BCUT2D eigenvalue weighted by Crippen LogP contribution is 2.38. The fourth-order valence-corrected chi connectivity index (χ4v) is 3.06. The number of nitrogens with one attached hydrogen (secondary N) is 1. The molecule has 1 amide bonds. The molecule has 1 atom stereocenters. The van der Waals surface area contributed by atoms with Gasteiger partial charge in [-0.25, -0.2) is 5.43 Å². The third-order valence-corrected chi connectivity index (χ3v) is 4.35. The van der Waals surface area contributed by atoms with E-state index in [4.69, 9.17) is 9.47 Å². The van der Waals surface area contributed by atoms with Gasteiger partial charge in [-0.05, 0) is 36.2 Å². The zero-order valence-corrected chi connectivity index (χ0v) is 14.4. The molecule has 0 spiro atoms. The van der Waals surface area contributed by atoms with Crippen molar-refractivity contribution in [3.8, 4) is 17.2 Å². The van der Waals surface area contributed by atoms with Crippen LogP contribution >= 0.6 is 0 Å². The molecular formula is C19H20N2O4. The molecule has 3 rings (SSSR count). The molecule has 0 fully saturated rings. The van der Waals surface area contributed by atoms with Crippen LogP contribution < -0.4 is 14.9 Å². The molecule has 0 aliphatic carbocycles. The van der Waals surface area contributed by atoms with Crippen molar-refractivity contribution in [1.82, 2.24) is 5.43 Å². The fraction of sp³-hybridized carbons (Fsp3) is 0.263. The molecule has 0 saturated carbocycles. The Balaban J connectivity index is 2.29. The first-order valence-corrected chi connectivity index (χ1v) is 8.02. The number of amides is 1. The van der Waals surface area contributed by atoms with E-state index in [1.54, 1.807) is 38.5 Å². The summed E-state index contributed by atoms with van der Waals surface area (Å²) < 4.78 is 10.8. The SMILES string of the molecule is CC[C@@H]1C(=O)NN=C(c2ccccc2O)c2cc(OC)c(OC)cc21. The Hall–Kier alpha value is -3.02. The first kappa shape index (κ1) is 16.8. The molecule has 2 aromatic carbocycles. The van der Waals surface area contributed by atoms with E-state index in [9.17, 15) is 9.90 Å². The van der Waals surface area contributed by atoms with E-state index >= 15 is 0 Å². The lowest BCUT2D eigenvalue weighted by molar-refractivity contribution is -0.122. The number of aromatic hydroxyl groups is 1. The molecule has 1 heterocycles. The number of hydrogen-bond donors (Lipinski definition) is 2. The molecule has 6 heteroatoms. The number of carbonyl (C=O) groups excluding carboxylic acids is 1. The number of fused-ring (bicyclic) bond motifs is 1. The van der Waals surface area contributed by atoms with Gasteiger partial charge in [0.25, 0.3) is 0 Å². The highest BCUT2D eigenvalue weighted by molar-refractivity contribution is 6.17. The van der Waals surface area contributed by atoms with Crippen molar-refractivity contribution in [2.75, 3.05) is 14.2 Å². The van der Waals surface area contributed by atoms with Crippen LogP contribution in [0.4, 0.5) is 0 Å². The minimum absolute atomic E-state index is 0.0891. The molecule has 6 nitrogen and oxygen atoms in total. The number of phenolic OH excluding ortho intramolecular Hbond substituents is 1. The number of ether oxygens (including phenoxy) is 2.